The molecule has 0 bridgehead atoms. The van der Waals surface area contributed by atoms with E-state index in [-0.39, 0.29) is 29.8 Å². The van der Waals surface area contributed by atoms with Gasteiger partial charge in [0.15, 0.2) is 9.84 Å². The van der Waals surface area contributed by atoms with Crippen molar-refractivity contribution in [2.24, 2.45) is 13.0 Å². The molecular weight excluding hydrogens is 242 g/mol. The van der Waals surface area contributed by atoms with Crippen LogP contribution in [-0.4, -0.2) is 35.4 Å². The second-order valence-electron chi connectivity index (χ2n) is 4.38. The fourth-order valence-electron chi connectivity index (χ4n) is 1.96. The lowest BCUT2D eigenvalue weighted by Gasteiger charge is -2.08. The van der Waals surface area contributed by atoms with Crippen molar-refractivity contribution in [2.45, 2.75) is 12.8 Å². The van der Waals surface area contributed by atoms with Gasteiger partial charge in [0.25, 0.3) is 0 Å². The first-order chi connectivity index (χ1) is 7.96. The summed E-state index contributed by atoms with van der Waals surface area (Å²) >= 11 is 0. The van der Waals surface area contributed by atoms with Gasteiger partial charge in [0, 0.05) is 25.9 Å². The number of carbonyl (C=O) groups is 1. The Morgan fingerprint density at radius 1 is 1.65 bits per heavy atom. The van der Waals surface area contributed by atoms with Crippen LogP contribution in [0.4, 0.5) is 5.95 Å². The van der Waals surface area contributed by atoms with E-state index in [0.29, 0.717) is 12.4 Å². The van der Waals surface area contributed by atoms with Crippen molar-refractivity contribution >= 4 is 21.7 Å². The van der Waals surface area contributed by atoms with Gasteiger partial charge < -0.3 is 4.57 Å². The summed E-state index contributed by atoms with van der Waals surface area (Å²) in [5.74, 6) is 0.575. The van der Waals surface area contributed by atoms with Gasteiger partial charge in [0.1, 0.15) is 0 Å². The first-order valence-electron chi connectivity index (χ1n) is 5.44. The normalized spacial score (nSPS) is 22.5. The quantitative estimate of drug-likeness (QED) is 0.837. The fraction of sp³-hybridized carbons (Fsp3) is 0.600. The lowest BCUT2D eigenvalue weighted by Crippen LogP contribution is -2.19. The molecule has 6 nitrogen and oxygen atoms in total. The van der Waals surface area contributed by atoms with Crippen LogP contribution in [0.25, 0.3) is 0 Å². The lowest BCUT2D eigenvalue weighted by molar-refractivity contribution is -0.117. The molecule has 1 unspecified atom stereocenters. The summed E-state index contributed by atoms with van der Waals surface area (Å²) in [6.45, 7) is 0. The highest BCUT2D eigenvalue weighted by Crippen LogP contribution is 2.21. The Morgan fingerprint density at radius 3 is 2.94 bits per heavy atom. The van der Waals surface area contributed by atoms with Crippen molar-refractivity contribution in [3.63, 3.8) is 0 Å². The average Bonchev–Trinajstić information content (AvgIpc) is 2.74. The molecule has 94 valence electrons. The zero-order chi connectivity index (χ0) is 12.5. The van der Waals surface area contributed by atoms with Crippen molar-refractivity contribution < 1.29 is 13.2 Å². The number of anilines is 1. The van der Waals surface area contributed by atoms with Gasteiger partial charge in [-0.3, -0.25) is 10.1 Å². The van der Waals surface area contributed by atoms with Crippen molar-refractivity contribution in [3.8, 4) is 0 Å². The number of rotatable bonds is 3. The number of imidazole rings is 1. The number of sulfone groups is 1. The summed E-state index contributed by atoms with van der Waals surface area (Å²) in [4.78, 5) is 15.6. The third-order valence-electron chi connectivity index (χ3n) is 2.87. The Balaban J connectivity index is 1.89. The molecule has 1 saturated heterocycles. The third kappa shape index (κ3) is 3.06. The van der Waals surface area contributed by atoms with Gasteiger partial charge in [0.05, 0.1) is 11.5 Å². The highest BCUT2D eigenvalue weighted by molar-refractivity contribution is 7.91. The van der Waals surface area contributed by atoms with E-state index < -0.39 is 9.84 Å². The Labute approximate surface area is 100.0 Å². The lowest BCUT2D eigenvalue weighted by atomic mass is 10.1. The van der Waals surface area contributed by atoms with Crippen LogP contribution >= 0.6 is 0 Å². The molecule has 0 saturated carbocycles. The summed E-state index contributed by atoms with van der Waals surface area (Å²) < 4.78 is 24.2. The summed E-state index contributed by atoms with van der Waals surface area (Å²) in [6, 6.07) is 0. The Kier molecular flexibility index (Phi) is 3.19. The first kappa shape index (κ1) is 12.1. The molecule has 0 spiro atoms. The third-order valence-corrected chi connectivity index (χ3v) is 4.71. The summed E-state index contributed by atoms with van der Waals surface area (Å²) in [5.41, 5.74) is 0. The van der Waals surface area contributed by atoms with Gasteiger partial charge in [-0.1, -0.05) is 0 Å². The highest BCUT2D eigenvalue weighted by Gasteiger charge is 2.29. The molecule has 1 N–H and O–H groups in total. The molecule has 0 aromatic carbocycles. The van der Waals surface area contributed by atoms with Crippen LogP contribution in [0.15, 0.2) is 12.4 Å². The largest absolute Gasteiger partial charge is 0.320 e. The van der Waals surface area contributed by atoms with Crippen LogP contribution in [0.2, 0.25) is 0 Å². The molecule has 1 aromatic rings. The highest BCUT2D eigenvalue weighted by atomic mass is 32.2. The molecule has 1 aliphatic rings. The molecule has 1 amide bonds. The Bertz CT molecular complexity index is 521. The summed E-state index contributed by atoms with van der Waals surface area (Å²) in [6.07, 6.45) is 4.15. The minimum atomic E-state index is -2.91. The number of amides is 1. The van der Waals surface area contributed by atoms with Crippen LogP contribution in [0.5, 0.6) is 0 Å². The van der Waals surface area contributed by atoms with Crippen LogP contribution < -0.4 is 5.32 Å². The predicted octanol–water partition coefficient (Wildman–Crippen LogP) is 0.183. The molecule has 0 aliphatic carbocycles. The first-order valence-corrected chi connectivity index (χ1v) is 7.26. The topological polar surface area (TPSA) is 81.1 Å². The van der Waals surface area contributed by atoms with Gasteiger partial charge in [0.2, 0.25) is 11.9 Å². The summed E-state index contributed by atoms with van der Waals surface area (Å²) in [5, 5.41) is 2.66. The minimum Gasteiger partial charge on any atom is -0.320 e. The van der Waals surface area contributed by atoms with Gasteiger partial charge in [-0.05, 0) is 12.3 Å². The van der Waals surface area contributed by atoms with E-state index >= 15 is 0 Å². The average molecular weight is 257 g/mol. The maximum atomic E-state index is 11.7. The second kappa shape index (κ2) is 4.48. The van der Waals surface area contributed by atoms with Crippen LogP contribution in [0.3, 0.4) is 0 Å². The monoisotopic (exact) mass is 257 g/mol. The Morgan fingerprint density at radius 2 is 2.41 bits per heavy atom. The van der Waals surface area contributed by atoms with Crippen molar-refractivity contribution in [1.82, 2.24) is 9.55 Å². The van der Waals surface area contributed by atoms with E-state index in [4.69, 9.17) is 0 Å². The maximum Gasteiger partial charge on any atom is 0.226 e. The van der Waals surface area contributed by atoms with E-state index in [1.807, 2.05) is 0 Å². The van der Waals surface area contributed by atoms with E-state index in [0.717, 1.165) is 0 Å². The van der Waals surface area contributed by atoms with Crippen LogP contribution in [-0.2, 0) is 21.7 Å². The maximum absolute atomic E-state index is 11.7. The SMILES string of the molecule is Cn1ccnc1NC(=O)CC1CCS(=O)(=O)C1. The van der Waals surface area contributed by atoms with Crippen LogP contribution in [0, 0.1) is 5.92 Å². The fourth-order valence-corrected chi connectivity index (χ4v) is 3.82. The van der Waals surface area contributed by atoms with Crippen molar-refractivity contribution in [3.05, 3.63) is 12.4 Å². The Hall–Kier alpha value is -1.37. The molecular formula is C10H15N3O3S. The number of hydrogen-bond donors (Lipinski definition) is 1. The van der Waals surface area contributed by atoms with Crippen LogP contribution in [0.1, 0.15) is 12.8 Å². The smallest absolute Gasteiger partial charge is 0.226 e. The van der Waals surface area contributed by atoms with Gasteiger partial charge in [-0.15, -0.1) is 0 Å². The standard InChI is InChI=1S/C10H15N3O3S/c1-13-4-3-11-10(13)12-9(14)6-8-2-5-17(15,16)7-8/h3-4,8H,2,5-7H2,1H3,(H,11,12,14). The van der Waals surface area contributed by atoms with E-state index in [1.165, 1.54) is 0 Å². The van der Waals surface area contributed by atoms with E-state index in [1.54, 1.807) is 24.0 Å². The zero-order valence-electron chi connectivity index (χ0n) is 9.59. The number of nitrogens with zero attached hydrogens (tertiary/aromatic N) is 2. The van der Waals surface area contributed by atoms with E-state index in [2.05, 4.69) is 10.3 Å². The molecule has 7 heteroatoms. The van der Waals surface area contributed by atoms with Crippen molar-refractivity contribution in [1.29, 1.82) is 0 Å². The number of aryl methyl sites for hydroxylation is 1. The molecule has 17 heavy (non-hydrogen) atoms. The van der Waals surface area contributed by atoms with E-state index in [9.17, 15) is 13.2 Å². The zero-order valence-corrected chi connectivity index (χ0v) is 10.4. The number of carbonyl (C=O) groups excluding carboxylic acids is 1. The molecule has 0 radical (unpaired) electrons. The molecule has 2 rings (SSSR count). The minimum absolute atomic E-state index is 0.0553. The van der Waals surface area contributed by atoms with Gasteiger partial charge in [-0.2, -0.15) is 0 Å². The second-order valence-corrected chi connectivity index (χ2v) is 6.61. The number of aromatic nitrogens is 2. The molecule has 1 aromatic heterocycles. The molecule has 2 heterocycles. The van der Waals surface area contributed by atoms with Crippen molar-refractivity contribution in [2.75, 3.05) is 16.8 Å². The summed E-state index contributed by atoms with van der Waals surface area (Å²) in [7, 11) is -1.13. The molecule has 1 fully saturated rings. The predicted molar refractivity (Wildman–Crippen MR) is 63.2 cm³/mol. The number of nitrogens with one attached hydrogen (secondary N) is 1. The number of hydrogen-bond acceptors (Lipinski definition) is 4. The molecule has 1 aliphatic heterocycles. The van der Waals surface area contributed by atoms with Gasteiger partial charge >= 0.3 is 0 Å². The molecule has 1 atom stereocenters. The van der Waals surface area contributed by atoms with Gasteiger partial charge in [-0.25, -0.2) is 13.4 Å².